The number of hydrogen-bond donors (Lipinski definition) is 2. The van der Waals surface area contributed by atoms with Gasteiger partial charge >= 0.3 is 0 Å². The number of likely N-dealkylation sites (N-methyl/N-ethyl adjacent to an activating group) is 1. The topological polar surface area (TPSA) is 39.7 Å². The molecular formula is C14H32N4. The first kappa shape index (κ1) is 17.2. The summed E-state index contributed by atoms with van der Waals surface area (Å²) in [5.74, 6) is 1.55. The summed E-state index contributed by atoms with van der Waals surface area (Å²) in [4.78, 5) is 7.01. The van der Waals surface area contributed by atoms with Gasteiger partial charge < -0.3 is 15.5 Å². The molecule has 108 valence electrons. The van der Waals surface area contributed by atoms with Crippen LogP contribution in [-0.2, 0) is 0 Å². The standard InChI is InChI=1S/C14H32N4/c1-6-10-18(8-3)11-9-16-14(15-7-2)17-12-13(4)5/h13H,6-12H2,1-5H3,(H2,15,16,17). The van der Waals surface area contributed by atoms with Gasteiger partial charge in [0.1, 0.15) is 0 Å². The minimum atomic E-state index is 0.604. The lowest BCUT2D eigenvalue weighted by atomic mass is 10.2. The van der Waals surface area contributed by atoms with Gasteiger partial charge in [-0.25, -0.2) is 0 Å². The largest absolute Gasteiger partial charge is 0.357 e. The summed E-state index contributed by atoms with van der Waals surface area (Å²) in [6.07, 6.45) is 1.22. The first-order valence-corrected chi connectivity index (χ1v) is 7.38. The van der Waals surface area contributed by atoms with Crippen molar-refractivity contribution in [2.45, 2.75) is 41.0 Å². The molecule has 0 radical (unpaired) electrons. The van der Waals surface area contributed by atoms with Gasteiger partial charge in [-0.1, -0.05) is 27.7 Å². The first-order chi connectivity index (χ1) is 8.63. The van der Waals surface area contributed by atoms with Gasteiger partial charge in [-0.15, -0.1) is 0 Å². The monoisotopic (exact) mass is 256 g/mol. The van der Waals surface area contributed by atoms with Crippen LogP contribution in [0.3, 0.4) is 0 Å². The second-order valence-corrected chi connectivity index (χ2v) is 4.97. The molecule has 0 atom stereocenters. The lowest BCUT2D eigenvalue weighted by molar-refractivity contribution is 0.293. The zero-order valence-electron chi connectivity index (χ0n) is 12.9. The SMILES string of the molecule is CCCN(CC)CCNC(=NCC(C)C)NCC. The Kier molecular flexibility index (Phi) is 10.8. The van der Waals surface area contributed by atoms with E-state index in [0.29, 0.717) is 5.92 Å². The van der Waals surface area contributed by atoms with E-state index < -0.39 is 0 Å². The maximum absolute atomic E-state index is 4.56. The van der Waals surface area contributed by atoms with E-state index in [-0.39, 0.29) is 0 Å². The molecule has 4 nitrogen and oxygen atoms in total. The van der Waals surface area contributed by atoms with E-state index in [0.717, 1.165) is 38.7 Å². The molecule has 0 heterocycles. The van der Waals surface area contributed by atoms with Crippen molar-refractivity contribution >= 4 is 5.96 Å². The van der Waals surface area contributed by atoms with Crippen LogP contribution in [0.25, 0.3) is 0 Å². The fraction of sp³-hybridized carbons (Fsp3) is 0.929. The molecule has 0 aromatic rings. The number of aliphatic imine (C=N–C) groups is 1. The van der Waals surface area contributed by atoms with Gasteiger partial charge in [-0.2, -0.15) is 0 Å². The van der Waals surface area contributed by atoms with Crippen LogP contribution in [0.15, 0.2) is 4.99 Å². The van der Waals surface area contributed by atoms with Gasteiger partial charge in [-0.05, 0) is 32.4 Å². The van der Waals surface area contributed by atoms with Crippen molar-refractivity contribution in [2.75, 3.05) is 39.3 Å². The Morgan fingerprint density at radius 2 is 1.83 bits per heavy atom. The van der Waals surface area contributed by atoms with E-state index in [1.54, 1.807) is 0 Å². The summed E-state index contributed by atoms with van der Waals surface area (Å²) in [5, 5.41) is 6.68. The average Bonchev–Trinajstić information content (AvgIpc) is 2.34. The summed E-state index contributed by atoms with van der Waals surface area (Å²) in [6.45, 7) is 17.0. The fourth-order valence-electron chi connectivity index (χ4n) is 1.69. The molecule has 0 saturated heterocycles. The number of nitrogens with zero attached hydrogens (tertiary/aromatic N) is 2. The van der Waals surface area contributed by atoms with Crippen molar-refractivity contribution in [1.29, 1.82) is 0 Å². The van der Waals surface area contributed by atoms with Crippen LogP contribution in [-0.4, -0.2) is 50.1 Å². The minimum absolute atomic E-state index is 0.604. The van der Waals surface area contributed by atoms with Crippen LogP contribution in [0.4, 0.5) is 0 Å². The summed E-state index contributed by atoms with van der Waals surface area (Å²) in [6, 6.07) is 0. The molecule has 4 heteroatoms. The molecule has 0 saturated carbocycles. The van der Waals surface area contributed by atoms with E-state index >= 15 is 0 Å². The predicted molar refractivity (Wildman–Crippen MR) is 81.2 cm³/mol. The molecule has 0 aliphatic heterocycles. The Morgan fingerprint density at radius 1 is 1.11 bits per heavy atom. The first-order valence-electron chi connectivity index (χ1n) is 7.38. The van der Waals surface area contributed by atoms with E-state index in [9.17, 15) is 0 Å². The Morgan fingerprint density at radius 3 is 2.33 bits per heavy atom. The highest BCUT2D eigenvalue weighted by Gasteiger charge is 2.02. The molecule has 0 fully saturated rings. The zero-order chi connectivity index (χ0) is 13.8. The number of nitrogens with one attached hydrogen (secondary N) is 2. The summed E-state index contributed by atoms with van der Waals surface area (Å²) >= 11 is 0. The predicted octanol–water partition coefficient (Wildman–Crippen LogP) is 1.93. The lowest BCUT2D eigenvalue weighted by Gasteiger charge is -2.20. The Bertz CT molecular complexity index is 214. The third kappa shape index (κ3) is 9.28. The fourth-order valence-corrected chi connectivity index (χ4v) is 1.69. The van der Waals surface area contributed by atoms with Crippen molar-refractivity contribution in [3.05, 3.63) is 0 Å². The Balaban J connectivity index is 3.98. The highest BCUT2D eigenvalue weighted by atomic mass is 15.2. The molecule has 0 aromatic carbocycles. The van der Waals surface area contributed by atoms with Gasteiger partial charge in [0.2, 0.25) is 0 Å². The maximum atomic E-state index is 4.56. The van der Waals surface area contributed by atoms with Gasteiger partial charge in [0.15, 0.2) is 5.96 Å². The van der Waals surface area contributed by atoms with E-state index in [1.165, 1.54) is 13.0 Å². The number of hydrogen-bond acceptors (Lipinski definition) is 2. The molecule has 0 bridgehead atoms. The molecule has 0 spiro atoms. The minimum Gasteiger partial charge on any atom is -0.357 e. The normalized spacial score (nSPS) is 12.3. The molecule has 18 heavy (non-hydrogen) atoms. The van der Waals surface area contributed by atoms with Gasteiger partial charge in [0, 0.05) is 26.2 Å². The van der Waals surface area contributed by atoms with Crippen LogP contribution in [0, 0.1) is 5.92 Å². The highest BCUT2D eigenvalue weighted by molar-refractivity contribution is 5.79. The van der Waals surface area contributed by atoms with E-state index in [1.807, 2.05) is 0 Å². The lowest BCUT2D eigenvalue weighted by Crippen LogP contribution is -2.42. The van der Waals surface area contributed by atoms with Gasteiger partial charge in [0.05, 0.1) is 0 Å². The second kappa shape index (κ2) is 11.3. The van der Waals surface area contributed by atoms with Crippen molar-refractivity contribution < 1.29 is 0 Å². The molecule has 0 aliphatic rings. The van der Waals surface area contributed by atoms with Gasteiger partial charge in [-0.3, -0.25) is 4.99 Å². The van der Waals surface area contributed by atoms with Crippen molar-refractivity contribution in [3.63, 3.8) is 0 Å². The van der Waals surface area contributed by atoms with E-state index in [2.05, 4.69) is 55.1 Å². The van der Waals surface area contributed by atoms with Crippen molar-refractivity contribution in [3.8, 4) is 0 Å². The smallest absolute Gasteiger partial charge is 0.191 e. The quantitative estimate of drug-likeness (QED) is 0.489. The summed E-state index contributed by atoms with van der Waals surface area (Å²) < 4.78 is 0. The second-order valence-electron chi connectivity index (χ2n) is 4.97. The third-order valence-electron chi connectivity index (χ3n) is 2.67. The molecule has 0 rings (SSSR count). The van der Waals surface area contributed by atoms with Crippen LogP contribution in [0.1, 0.15) is 41.0 Å². The summed E-state index contributed by atoms with van der Waals surface area (Å²) in [5.41, 5.74) is 0. The van der Waals surface area contributed by atoms with Crippen LogP contribution >= 0.6 is 0 Å². The average molecular weight is 256 g/mol. The molecule has 0 aliphatic carbocycles. The van der Waals surface area contributed by atoms with Crippen LogP contribution in [0.5, 0.6) is 0 Å². The maximum Gasteiger partial charge on any atom is 0.191 e. The van der Waals surface area contributed by atoms with Crippen molar-refractivity contribution in [2.24, 2.45) is 10.9 Å². The Hall–Kier alpha value is -0.770. The molecule has 0 amide bonds. The summed E-state index contributed by atoms with van der Waals surface area (Å²) in [7, 11) is 0. The molecule has 0 unspecified atom stereocenters. The van der Waals surface area contributed by atoms with Gasteiger partial charge in [0.25, 0.3) is 0 Å². The number of rotatable bonds is 9. The van der Waals surface area contributed by atoms with Crippen LogP contribution < -0.4 is 10.6 Å². The third-order valence-corrected chi connectivity index (χ3v) is 2.67. The Labute approximate surface area is 113 Å². The molecular weight excluding hydrogens is 224 g/mol. The molecule has 2 N–H and O–H groups in total. The molecule has 0 aromatic heterocycles. The number of guanidine groups is 1. The van der Waals surface area contributed by atoms with E-state index in [4.69, 9.17) is 0 Å². The van der Waals surface area contributed by atoms with Crippen molar-refractivity contribution in [1.82, 2.24) is 15.5 Å². The zero-order valence-corrected chi connectivity index (χ0v) is 12.9. The van der Waals surface area contributed by atoms with Crippen LogP contribution in [0.2, 0.25) is 0 Å². The highest BCUT2D eigenvalue weighted by Crippen LogP contribution is 1.92.